The molecule has 0 bridgehead atoms. The van der Waals surface area contributed by atoms with Crippen LogP contribution in [0.15, 0.2) is 30.3 Å². The van der Waals surface area contributed by atoms with Crippen LogP contribution in [0.5, 0.6) is 0 Å². The molecule has 0 aliphatic carbocycles. The Kier molecular flexibility index (Phi) is 4.90. The number of carboxylic acids is 1. The highest BCUT2D eigenvalue weighted by Crippen LogP contribution is 2.24. The van der Waals surface area contributed by atoms with Gasteiger partial charge in [-0.1, -0.05) is 30.3 Å². The van der Waals surface area contributed by atoms with Gasteiger partial charge in [0.15, 0.2) is 0 Å². The molecule has 2 N–H and O–H groups in total. The summed E-state index contributed by atoms with van der Waals surface area (Å²) in [6, 6.07) is 8.86. The van der Waals surface area contributed by atoms with Gasteiger partial charge in [-0.3, -0.25) is 9.63 Å². The normalized spacial score (nSPS) is 24.3. The van der Waals surface area contributed by atoms with Crippen LogP contribution in [-0.4, -0.2) is 40.4 Å². The van der Waals surface area contributed by atoms with Gasteiger partial charge in [-0.2, -0.15) is 5.06 Å². The van der Waals surface area contributed by atoms with Crippen molar-refractivity contribution in [3.05, 3.63) is 35.9 Å². The first kappa shape index (κ1) is 14.0. The van der Waals surface area contributed by atoms with Gasteiger partial charge in [-0.15, -0.1) is 0 Å². The van der Waals surface area contributed by atoms with E-state index in [-0.39, 0.29) is 12.5 Å². The minimum absolute atomic E-state index is 0.123. The van der Waals surface area contributed by atoms with Crippen LogP contribution in [0.3, 0.4) is 0 Å². The third-order valence-corrected chi connectivity index (χ3v) is 3.44. The predicted molar refractivity (Wildman–Crippen MR) is 69.2 cm³/mol. The fraction of sp³-hybridized carbons (Fsp3) is 0.500. The Morgan fingerprint density at radius 3 is 2.74 bits per heavy atom. The van der Waals surface area contributed by atoms with Crippen LogP contribution >= 0.6 is 0 Å². The third-order valence-electron chi connectivity index (χ3n) is 3.44. The molecular formula is C14H19NO4. The van der Waals surface area contributed by atoms with Gasteiger partial charge in [0.1, 0.15) is 6.04 Å². The lowest BCUT2D eigenvalue weighted by molar-refractivity contribution is -0.227. The smallest absolute Gasteiger partial charge is 0.323 e. The molecule has 1 saturated heterocycles. The van der Waals surface area contributed by atoms with E-state index in [1.54, 1.807) is 0 Å². The summed E-state index contributed by atoms with van der Waals surface area (Å²) < 4.78 is 0. The van der Waals surface area contributed by atoms with Gasteiger partial charge in [0.2, 0.25) is 0 Å². The Hall–Kier alpha value is -1.43. The van der Waals surface area contributed by atoms with E-state index in [0.29, 0.717) is 13.2 Å². The molecule has 1 aliphatic rings. The zero-order valence-corrected chi connectivity index (χ0v) is 10.7. The van der Waals surface area contributed by atoms with Gasteiger partial charge in [-0.05, 0) is 18.4 Å². The van der Waals surface area contributed by atoms with Gasteiger partial charge in [0.25, 0.3) is 0 Å². The average Bonchev–Trinajstić information content (AvgIpc) is 2.45. The molecule has 0 saturated carbocycles. The standard InChI is InChI=1S/C14H19NO4/c16-9-12-7-4-8-15(13(12)14(17)18)19-10-11-5-2-1-3-6-11/h1-3,5-6,12-13,16H,4,7-10H2,(H,17,18). The Morgan fingerprint density at radius 1 is 1.37 bits per heavy atom. The summed E-state index contributed by atoms with van der Waals surface area (Å²) in [6.45, 7) is 0.811. The van der Waals surface area contributed by atoms with Crippen molar-refractivity contribution in [2.24, 2.45) is 5.92 Å². The topological polar surface area (TPSA) is 70.0 Å². The van der Waals surface area contributed by atoms with Crippen LogP contribution in [0.25, 0.3) is 0 Å². The molecule has 0 aromatic heterocycles. The maximum absolute atomic E-state index is 11.3. The van der Waals surface area contributed by atoms with Crippen LogP contribution in [0.4, 0.5) is 0 Å². The molecule has 1 aromatic carbocycles. The maximum atomic E-state index is 11.3. The number of aliphatic hydroxyl groups is 1. The molecule has 19 heavy (non-hydrogen) atoms. The zero-order chi connectivity index (χ0) is 13.7. The van der Waals surface area contributed by atoms with Crippen molar-refractivity contribution in [1.82, 2.24) is 5.06 Å². The van der Waals surface area contributed by atoms with Gasteiger partial charge < -0.3 is 10.2 Å². The number of aliphatic hydroxyl groups excluding tert-OH is 1. The summed E-state index contributed by atoms with van der Waals surface area (Å²) in [6.07, 6.45) is 1.56. The average molecular weight is 265 g/mol. The zero-order valence-electron chi connectivity index (χ0n) is 10.7. The number of hydrogen-bond donors (Lipinski definition) is 2. The number of aliphatic carboxylic acids is 1. The first-order chi connectivity index (χ1) is 9.22. The van der Waals surface area contributed by atoms with Crippen LogP contribution in [0.2, 0.25) is 0 Å². The van der Waals surface area contributed by atoms with E-state index in [0.717, 1.165) is 18.4 Å². The Bertz CT molecular complexity index is 409. The third kappa shape index (κ3) is 3.53. The number of hydrogen-bond acceptors (Lipinski definition) is 4. The Balaban J connectivity index is 1.99. The van der Waals surface area contributed by atoms with Crippen LogP contribution in [0, 0.1) is 5.92 Å². The molecule has 5 heteroatoms. The second kappa shape index (κ2) is 6.65. The highest BCUT2D eigenvalue weighted by molar-refractivity contribution is 5.73. The molecule has 2 unspecified atom stereocenters. The van der Waals surface area contributed by atoms with E-state index in [2.05, 4.69) is 0 Å². The molecule has 0 spiro atoms. The summed E-state index contributed by atoms with van der Waals surface area (Å²) in [4.78, 5) is 16.9. The SMILES string of the molecule is O=C(O)C1C(CO)CCCN1OCc1ccccc1. The van der Waals surface area contributed by atoms with E-state index in [9.17, 15) is 15.0 Å². The van der Waals surface area contributed by atoms with E-state index < -0.39 is 12.0 Å². The molecule has 0 amide bonds. The summed E-state index contributed by atoms with van der Waals surface area (Å²) in [5.74, 6) is -1.20. The van der Waals surface area contributed by atoms with Crippen molar-refractivity contribution in [2.75, 3.05) is 13.2 Å². The largest absolute Gasteiger partial charge is 0.480 e. The number of rotatable bonds is 5. The van der Waals surface area contributed by atoms with E-state index in [4.69, 9.17) is 4.84 Å². The first-order valence-electron chi connectivity index (χ1n) is 6.49. The summed E-state index contributed by atoms with van der Waals surface area (Å²) in [5, 5.41) is 20.0. The number of nitrogens with zero attached hydrogens (tertiary/aromatic N) is 1. The number of carboxylic acid groups (broad SMARTS) is 1. The molecule has 1 heterocycles. The van der Waals surface area contributed by atoms with Gasteiger partial charge in [0, 0.05) is 19.1 Å². The van der Waals surface area contributed by atoms with Gasteiger partial charge in [-0.25, -0.2) is 0 Å². The van der Waals surface area contributed by atoms with Crippen molar-refractivity contribution >= 4 is 5.97 Å². The monoisotopic (exact) mass is 265 g/mol. The lowest BCUT2D eigenvalue weighted by atomic mass is 9.91. The first-order valence-corrected chi connectivity index (χ1v) is 6.49. The molecule has 2 rings (SSSR count). The quantitative estimate of drug-likeness (QED) is 0.839. The minimum Gasteiger partial charge on any atom is -0.480 e. The van der Waals surface area contributed by atoms with E-state index in [1.807, 2.05) is 30.3 Å². The summed E-state index contributed by atoms with van der Waals surface area (Å²) in [7, 11) is 0. The fourth-order valence-corrected chi connectivity index (χ4v) is 2.43. The fourth-order valence-electron chi connectivity index (χ4n) is 2.43. The highest BCUT2D eigenvalue weighted by atomic mass is 16.7. The number of benzene rings is 1. The van der Waals surface area contributed by atoms with Crippen LogP contribution in [-0.2, 0) is 16.2 Å². The van der Waals surface area contributed by atoms with Gasteiger partial charge in [0.05, 0.1) is 6.61 Å². The van der Waals surface area contributed by atoms with Gasteiger partial charge >= 0.3 is 5.97 Å². The molecule has 104 valence electrons. The molecule has 5 nitrogen and oxygen atoms in total. The number of hydroxylamine groups is 2. The maximum Gasteiger partial charge on any atom is 0.323 e. The lowest BCUT2D eigenvalue weighted by Gasteiger charge is -2.36. The summed E-state index contributed by atoms with van der Waals surface area (Å²) >= 11 is 0. The number of carbonyl (C=O) groups is 1. The molecule has 1 aromatic rings. The van der Waals surface area contributed by atoms with E-state index in [1.165, 1.54) is 5.06 Å². The molecule has 1 aliphatic heterocycles. The molecule has 2 atom stereocenters. The van der Waals surface area contributed by atoms with Crippen LogP contribution < -0.4 is 0 Å². The van der Waals surface area contributed by atoms with E-state index >= 15 is 0 Å². The highest BCUT2D eigenvalue weighted by Gasteiger charge is 2.37. The summed E-state index contributed by atoms with van der Waals surface area (Å²) in [5.41, 5.74) is 0.998. The Morgan fingerprint density at radius 2 is 2.11 bits per heavy atom. The van der Waals surface area contributed by atoms with Crippen molar-refractivity contribution in [3.8, 4) is 0 Å². The Labute approximate surface area is 112 Å². The second-order valence-corrected chi connectivity index (χ2v) is 4.77. The molecular weight excluding hydrogens is 246 g/mol. The predicted octanol–water partition coefficient (Wildman–Crippen LogP) is 1.28. The van der Waals surface area contributed by atoms with Crippen LogP contribution in [0.1, 0.15) is 18.4 Å². The molecule has 1 fully saturated rings. The second-order valence-electron chi connectivity index (χ2n) is 4.77. The lowest BCUT2D eigenvalue weighted by Crippen LogP contribution is -2.50. The minimum atomic E-state index is -0.938. The number of piperidine rings is 1. The van der Waals surface area contributed by atoms with Crippen molar-refractivity contribution in [3.63, 3.8) is 0 Å². The van der Waals surface area contributed by atoms with Crippen molar-refractivity contribution < 1.29 is 19.8 Å². The molecule has 0 radical (unpaired) electrons. The van der Waals surface area contributed by atoms with Crippen molar-refractivity contribution in [1.29, 1.82) is 0 Å². The van der Waals surface area contributed by atoms with Crippen molar-refractivity contribution in [2.45, 2.75) is 25.5 Å².